The number of carbonyl (C=O) groups excluding carboxylic acids is 1. The maximum Gasteiger partial charge on any atom is 0.317 e. The number of ether oxygens (including phenoxy) is 1. The predicted octanol–water partition coefficient (Wildman–Crippen LogP) is 0.511. The lowest BCUT2D eigenvalue weighted by Gasteiger charge is -2.36. The number of rotatable bonds is 2. The summed E-state index contributed by atoms with van der Waals surface area (Å²) in [4.78, 5) is 16.2. The van der Waals surface area contributed by atoms with Crippen molar-refractivity contribution in [2.45, 2.75) is 31.3 Å². The minimum atomic E-state index is 0.0760. The summed E-state index contributed by atoms with van der Waals surface area (Å²) in [5, 5.41) is 3.05. The lowest BCUT2D eigenvalue weighted by Crippen LogP contribution is -2.52. The molecule has 0 aromatic rings. The predicted molar refractivity (Wildman–Crippen MR) is 66.0 cm³/mol. The highest BCUT2D eigenvalue weighted by Gasteiger charge is 2.27. The fourth-order valence-electron chi connectivity index (χ4n) is 2.47. The van der Waals surface area contributed by atoms with Crippen molar-refractivity contribution in [2.24, 2.45) is 0 Å². The molecule has 5 nitrogen and oxygen atoms in total. The Hall–Kier alpha value is -0.810. The molecule has 0 bridgehead atoms. The van der Waals surface area contributed by atoms with Gasteiger partial charge in [-0.1, -0.05) is 0 Å². The van der Waals surface area contributed by atoms with Crippen LogP contribution in [0, 0.1) is 0 Å². The van der Waals surface area contributed by atoms with Gasteiger partial charge in [-0.25, -0.2) is 4.79 Å². The van der Waals surface area contributed by atoms with Gasteiger partial charge in [0.25, 0.3) is 0 Å². The number of likely N-dealkylation sites (N-methyl/N-ethyl adjacent to an activating group) is 1. The van der Waals surface area contributed by atoms with E-state index in [1.165, 1.54) is 6.42 Å². The Kier molecular flexibility index (Phi) is 4.23. The number of urea groups is 1. The van der Waals surface area contributed by atoms with Crippen molar-refractivity contribution in [2.75, 3.05) is 40.4 Å². The van der Waals surface area contributed by atoms with Crippen molar-refractivity contribution in [3.63, 3.8) is 0 Å². The van der Waals surface area contributed by atoms with Crippen LogP contribution < -0.4 is 5.32 Å². The second-order valence-electron chi connectivity index (χ2n) is 5.22. The Morgan fingerprint density at radius 2 is 2.24 bits per heavy atom. The quantitative estimate of drug-likeness (QED) is 0.766. The number of hydrogen-bond donors (Lipinski definition) is 1. The third-order valence-electron chi connectivity index (χ3n) is 3.67. The molecule has 0 saturated carbocycles. The number of hydrogen-bond acceptors (Lipinski definition) is 3. The van der Waals surface area contributed by atoms with Crippen LogP contribution in [0.2, 0.25) is 0 Å². The first kappa shape index (κ1) is 12.6. The van der Waals surface area contributed by atoms with Crippen molar-refractivity contribution in [1.82, 2.24) is 15.1 Å². The van der Waals surface area contributed by atoms with E-state index < -0.39 is 0 Å². The number of likely N-dealkylation sites (tertiary alicyclic amines) is 1. The first-order chi connectivity index (χ1) is 8.16. The number of nitrogens with one attached hydrogen (secondary N) is 1. The number of amides is 2. The average Bonchev–Trinajstić information content (AvgIpc) is 2.82. The third kappa shape index (κ3) is 3.33. The maximum absolute atomic E-state index is 12.1. The van der Waals surface area contributed by atoms with E-state index in [4.69, 9.17) is 4.74 Å². The molecular formula is C12H23N3O2. The molecule has 0 aromatic carbocycles. The van der Waals surface area contributed by atoms with E-state index >= 15 is 0 Å². The molecule has 2 rings (SSSR count). The van der Waals surface area contributed by atoms with Crippen LogP contribution in [-0.4, -0.2) is 68.3 Å². The van der Waals surface area contributed by atoms with E-state index in [0.29, 0.717) is 12.6 Å². The summed E-state index contributed by atoms with van der Waals surface area (Å²) in [6.45, 7) is 3.15. The van der Waals surface area contributed by atoms with E-state index in [0.717, 1.165) is 32.5 Å². The van der Waals surface area contributed by atoms with E-state index in [-0.39, 0.29) is 12.1 Å². The first-order valence-electron chi connectivity index (χ1n) is 6.46. The lowest BCUT2D eigenvalue weighted by atomic mass is 10.1. The maximum atomic E-state index is 12.1. The Bertz CT molecular complexity index is 264. The van der Waals surface area contributed by atoms with Gasteiger partial charge in [0.05, 0.1) is 12.6 Å². The summed E-state index contributed by atoms with van der Waals surface area (Å²) in [6.07, 6.45) is 3.22. The molecule has 0 spiro atoms. The summed E-state index contributed by atoms with van der Waals surface area (Å²) in [5.41, 5.74) is 0. The van der Waals surface area contributed by atoms with E-state index in [1.54, 1.807) is 0 Å². The SMILES string of the molecule is CN(C)C1CCCN(C(=O)NC2CCOC2)C1. The highest BCUT2D eigenvalue weighted by Crippen LogP contribution is 2.14. The zero-order valence-electron chi connectivity index (χ0n) is 10.8. The summed E-state index contributed by atoms with van der Waals surface area (Å²) >= 11 is 0. The molecule has 1 N–H and O–H groups in total. The summed E-state index contributed by atoms with van der Waals surface area (Å²) in [5.74, 6) is 0. The van der Waals surface area contributed by atoms with E-state index in [2.05, 4.69) is 24.3 Å². The van der Waals surface area contributed by atoms with Crippen molar-refractivity contribution < 1.29 is 9.53 Å². The van der Waals surface area contributed by atoms with Crippen molar-refractivity contribution >= 4 is 6.03 Å². The monoisotopic (exact) mass is 241 g/mol. The number of carbonyl (C=O) groups is 1. The molecule has 2 aliphatic rings. The van der Waals surface area contributed by atoms with Crippen LogP contribution in [0.5, 0.6) is 0 Å². The van der Waals surface area contributed by atoms with Crippen LogP contribution >= 0.6 is 0 Å². The molecule has 5 heteroatoms. The Labute approximate surface area is 103 Å². The molecule has 17 heavy (non-hydrogen) atoms. The molecule has 0 radical (unpaired) electrons. The Morgan fingerprint density at radius 1 is 1.41 bits per heavy atom. The zero-order chi connectivity index (χ0) is 12.3. The van der Waals surface area contributed by atoms with Gasteiger partial charge in [0.2, 0.25) is 0 Å². The molecule has 0 aromatic heterocycles. The van der Waals surface area contributed by atoms with Gasteiger partial charge in [-0.2, -0.15) is 0 Å². The molecule has 2 aliphatic heterocycles. The van der Waals surface area contributed by atoms with Crippen LogP contribution in [-0.2, 0) is 4.74 Å². The van der Waals surface area contributed by atoms with E-state index in [1.807, 2.05) is 4.90 Å². The van der Waals surface area contributed by atoms with Gasteiger partial charge in [0.1, 0.15) is 0 Å². The summed E-state index contributed by atoms with van der Waals surface area (Å²) in [6, 6.07) is 0.781. The second kappa shape index (κ2) is 5.69. The van der Waals surface area contributed by atoms with Crippen molar-refractivity contribution in [1.29, 1.82) is 0 Å². The first-order valence-corrected chi connectivity index (χ1v) is 6.46. The van der Waals surface area contributed by atoms with Gasteiger partial charge >= 0.3 is 6.03 Å². The van der Waals surface area contributed by atoms with Gasteiger partial charge in [0.15, 0.2) is 0 Å². The molecule has 2 unspecified atom stereocenters. The van der Waals surface area contributed by atoms with Crippen LogP contribution in [0.15, 0.2) is 0 Å². The van der Waals surface area contributed by atoms with Crippen LogP contribution in [0.4, 0.5) is 4.79 Å². The third-order valence-corrected chi connectivity index (χ3v) is 3.67. The normalized spacial score (nSPS) is 29.7. The largest absolute Gasteiger partial charge is 0.379 e. The smallest absolute Gasteiger partial charge is 0.317 e. The van der Waals surface area contributed by atoms with Crippen LogP contribution in [0.25, 0.3) is 0 Å². The minimum absolute atomic E-state index is 0.0760. The lowest BCUT2D eigenvalue weighted by molar-refractivity contribution is 0.136. The Balaban J connectivity index is 1.81. The van der Waals surface area contributed by atoms with Crippen LogP contribution in [0.1, 0.15) is 19.3 Å². The van der Waals surface area contributed by atoms with Crippen molar-refractivity contribution in [3.05, 3.63) is 0 Å². The average molecular weight is 241 g/mol. The van der Waals surface area contributed by atoms with Gasteiger partial charge in [-0.05, 0) is 33.4 Å². The minimum Gasteiger partial charge on any atom is -0.379 e. The number of piperidine rings is 1. The molecule has 2 heterocycles. The van der Waals surface area contributed by atoms with Gasteiger partial charge in [0, 0.05) is 25.7 Å². The highest BCUT2D eigenvalue weighted by molar-refractivity contribution is 5.74. The standard InChI is InChI=1S/C12H23N3O2/c1-14(2)11-4-3-6-15(8-11)12(16)13-10-5-7-17-9-10/h10-11H,3-9H2,1-2H3,(H,13,16). The summed E-state index contributed by atoms with van der Waals surface area (Å²) < 4.78 is 5.26. The fraction of sp³-hybridized carbons (Fsp3) is 0.917. The van der Waals surface area contributed by atoms with Crippen LogP contribution in [0.3, 0.4) is 0 Å². The molecular weight excluding hydrogens is 218 g/mol. The Morgan fingerprint density at radius 3 is 2.88 bits per heavy atom. The van der Waals surface area contributed by atoms with Crippen molar-refractivity contribution in [3.8, 4) is 0 Å². The topological polar surface area (TPSA) is 44.8 Å². The summed E-state index contributed by atoms with van der Waals surface area (Å²) in [7, 11) is 4.16. The molecule has 2 saturated heterocycles. The second-order valence-corrected chi connectivity index (χ2v) is 5.22. The number of nitrogens with zero attached hydrogens (tertiary/aromatic N) is 2. The van der Waals surface area contributed by atoms with Gasteiger partial charge in [-0.15, -0.1) is 0 Å². The van der Waals surface area contributed by atoms with Gasteiger partial charge < -0.3 is 19.9 Å². The fourth-order valence-corrected chi connectivity index (χ4v) is 2.47. The van der Waals surface area contributed by atoms with Gasteiger partial charge in [-0.3, -0.25) is 0 Å². The molecule has 0 aliphatic carbocycles. The molecule has 98 valence electrons. The highest BCUT2D eigenvalue weighted by atomic mass is 16.5. The zero-order valence-corrected chi connectivity index (χ0v) is 10.8. The molecule has 2 fully saturated rings. The molecule has 2 amide bonds. The molecule has 2 atom stereocenters. The van der Waals surface area contributed by atoms with E-state index in [9.17, 15) is 4.79 Å².